The molecule has 2 rings (SSSR count). The number of hydrogen-bond donors (Lipinski definition) is 2. The van der Waals surface area contributed by atoms with Gasteiger partial charge in [0.15, 0.2) is 0 Å². The lowest BCUT2D eigenvalue weighted by atomic mass is 9.93. The highest BCUT2D eigenvalue weighted by Crippen LogP contribution is 2.38. The predicted molar refractivity (Wildman–Crippen MR) is 64.2 cm³/mol. The van der Waals surface area contributed by atoms with E-state index in [0.29, 0.717) is 5.92 Å². The van der Waals surface area contributed by atoms with Crippen LogP contribution in [0.2, 0.25) is 0 Å². The molecule has 3 unspecified atom stereocenters. The van der Waals surface area contributed by atoms with Gasteiger partial charge in [0.25, 0.3) is 0 Å². The fourth-order valence-electron chi connectivity index (χ4n) is 3.09. The summed E-state index contributed by atoms with van der Waals surface area (Å²) in [5, 5.41) is 6.48. The van der Waals surface area contributed by atoms with E-state index in [2.05, 4.69) is 10.6 Å². The molecule has 1 saturated carbocycles. The van der Waals surface area contributed by atoms with Crippen molar-refractivity contribution in [3.8, 4) is 0 Å². The molecule has 2 aliphatic rings. The zero-order chi connectivity index (χ0) is 11.5. The third-order valence-electron chi connectivity index (χ3n) is 4.09. The number of carbonyl (C=O) groups excluding carboxylic acids is 1. The number of rotatable bonds is 4. The second-order valence-electron chi connectivity index (χ2n) is 5.10. The Bertz CT molecular complexity index is 257. The molecular weight excluding hydrogens is 202 g/mol. The predicted octanol–water partition coefficient (Wildman–Crippen LogP) is 0.0523. The highest BCUT2D eigenvalue weighted by atomic mass is 16.2. The van der Waals surface area contributed by atoms with E-state index in [-0.39, 0.29) is 11.9 Å². The molecule has 16 heavy (non-hydrogen) atoms. The molecule has 0 bridgehead atoms. The monoisotopic (exact) mass is 225 g/mol. The van der Waals surface area contributed by atoms with Crippen LogP contribution in [0.3, 0.4) is 0 Å². The summed E-state index contributed by atoms with van der Waals surface area (Å²) in [5.41, 5.74) is 0. The quantitative estimate of drug-likeness (QED) is 0.711. The summed E-state index contributed by atoms with van der Waals surface area (Å²) in [7, 11) is 3.82. The molecule has 0 spiro atoms. The van der Waals surface area contributed by atoms with E-state index in [1.165, 1.54) is 19.3 Å². The first-order valence-electron chi connectivity index (χ1n) is 6.37. The van der Waals surface area contributed by atoms with E-state index in [9.17, 15) is 4.79 Å². The van der Waals surface area contributed by atoms with Gasteiger partial charge in [0.2, 0.25) is 5.91 Å². The van der Waals surface area contributed by atoms with Crippen molar-refractivity contribution in [3.05, 3.63) is 0 Å². The highest BCUT2D eigenvalue weighted by molar-refractivity contribution is 5.82. The summed E-state index contributed by atoms with van der Waals surface area (Å²) in [6.07, 6.45) is 3.84. The van der Waals surface area contributed by atoms with Crippen molar-refractivity contribution in [1.82, 2.24) is 15.5 Å². The zero-order valence-electron chi connectivity index (χ0n) is 10.3. The minimum atomic E-state index is 0.0920. The van der Waals surface area contributed by atoms with Crippen LogP contribution in [-0.4, -0.2) is 50.6 Å². The molecule has 3 atom stereocenters. The van der Waals surface area contributed by atoms with Gasteiger partial charge in [-0.1, -0.05) is 6.42 Å². The molecule has 0 radical (unpaired) electrons. The number of likely N-dealkylation sites (N-methyl/N-ethyl adjacent to an activating group) is 2. The summed E-state index contributed by atoms with van der Waals surface area (Å²) in [5.74, 6) is 1.64. The van der Waals surface area contributed by atoms with Crippen LogP contribution in [0, 0.1) is 11.8 Å². The van der Waals surface area contributed by atoms with Crippen molar-refractivity contribution in [2.45, 2.75) is 25.3 Å². The first-order chi connectivity index (χ1) is 7.74. The van der Waals surface area contributed by atoms with Crippen molar-refractivity contribution in [2.24, 2.45) is 11.8 Å². The number of carbonyl (C=O) groups is 1. The van der Waals surface area contributed by atoms with Crippen molar-refractivity contribution in [3.63, 3.8) is 0 Å². The zero-order valence-corrected chi connectivity index (χ0v) is 10.3. The van der Waals surface area contributed by atoms with E-state index >= 15 is 0 Å². The Morgan fingerprint density at radius 2 is 2.31 bits per heavy atom. The number of hydrogen-bond acceptors (Lipinski definition) is 3. The Balaban J connectivity index is 1.89. The van der Waals surface area contributed by atoms with Crippen LogP contribution in [-0.2, 0) is 4.79 Å². The molecule has 1 aliphatic carbocycles. The molecule has 1 saturated heterocycles. The molecule has 1 amide bonds. The number of fused-ring (bicyclic) bond motifs is 1. The molecule has 0 aromatic heterocycles. The molecule has 4 heteroatoms. The van der Waals surface area contributed by atoms with Gasteiger partial charge in [-0.15, -0.1) is 0 Å². The Kier molecular flexibility index (Phi) is 3.82. The normalized spacial score (nSPS) is 32.8. The fraction of sp³-hybridized carbons (Fsp3) is 0.917. The summed E-state index contributed by atoms with van der Waals surface area (Å²) < 4.78 is 0. The van der Waals surface area contributed by atoms with E-state index in [1.807, 2.05) is 19.0 Å². The lowest BCUT2D eigenvalue weighted by molar-refractivity contribution is -0.132. The topological polar surface area (TPSA) is 44.4 Å². The van der Waals surface area contributed by atoms with Crippen molar-refractivity contribution < 1.29 is 4.79 Å². The fourth-order valence-corrected chi connectivity index (χ4v) is 3.09. The third-order valence-corrected chi connectivity index (χ3v) is 4.09. The number of nitrogens with one attached hydrogen (secondary N) is 2. The maximum atomic E-state index is 12.2. The van der Waals surface area contributed by atoms with Gasteiger partial charge in [-0.2, -0.15) is 0 Å². The van der Waals surface area contributed by atoms with E-state index < -0.39 is 0 Å². The molecule has 0 aromatic carbocycles. The molecule has 2 N–H and O–H groups in total. The lowest BCUT2D eigenvalue weighted by Crippen LogP contribution is -2.46. The third kappa shape index (κ3) is 2.23. The standard InChI is InChI=1S/C12H23N3O/c1-13-6-7-15(2)12(16)11-10-5-3-4-9(10)8-14-11/h9-11,13-14H,3-8H2,1-2H3. The minimum absolute atomic E-state index is 0.0920. The second kappa shape index (κ2) is 5.15. The Morgan fingerprint density at radius 1 is 1.50 bits per heavy atom. The van der Waals surface area contributed by atoms with Crippen LogP contribution in [0.25, 0.3) is 0 Å². The van der Waals surface area contributed by atoms with Gasteiger partial charge in [-0.05, 0) is 38.3 Å². The van der Waals surface area contributed by atoms with Gasteiger partial charge < -0.3 is 15.5 Å². The van der Waals surface area contributed by atoms with Gasteiger partial charge in [0.05, 0.1) is 6.04 Å². The van der Waals surface area contributed by atoms with Gasteiger partial charge in [0, 0.05) is 20.1 Å². The maximum Gasteiger partial charge on any atom is 0.239 e. The molecule has 1 heterocycles. The molecule has 4 nitrogen and oxygen atoms in total. The van der Waals surface area contributed by atoms with Gasteiger partial charge in [0.1, 0.15) is 0 Å². The van der Waals surface area contributed by atoms with E-state index in [0.717, 1.165) is 25.6 Å². The number of amides is 1. The lowest BCUT2D eigenvalue weighted by Gasteiger charge is -2.24. The summed E-state index contributed by atoms with van der Waals surface area (Å²) in [4.78, 5) is 14.1. The first-order valence-corrected chi connectivity index (χ1v) is 6.37. The number of nitrogens with zero attached hydrogens (tertiary/aromatic N) is 1. The first kappa shape index (κ1) is 11.9. The second-order valence-corrected chi connectivity index (χ2v) is 5.10. The van der Waals surface area contributed by atoms with Gasteiger partial charge in [-0.3, -0.25) is 4.79 Å². The van der Waals surface area contributed by atoms with Crippen LogP contribution >= 0.6 is 0 Å². The SMILES string of the molecule is CNCCN(C)C(=O)C1NCC2CCCC21. The van der Waals surface area contributed by atoms with Crippen LogP contribution in [0.5, 0.6) is 0 Å². The van der Waals surface area contributed by atoms with E-state index in [1.54, 1.807) is 0 Å². The molecular formula is C12H23N3O. The smallest absolute Gasteiger partial charge is 0.239 e. The largest absolute Gasteiger partial charge is 0.343 e. The Morgan fingerprint density at radius 3 is 3.06 bits per heavy atom. The van der Waals surface area contributed by atoms with E-state index in [4.69, 9.17) is 0 Å². The molecule has 2 fully saturated rings. The maximum absolute atomic E-state index is 12.2. The highest BCUT2D eigenvalue weighted by Gasteiger charge is 2.43. The molecule has 1 aliphatic heterocycles. The Labute approximate surface area is 97.8 Å². The molecule has 92 valence electrons. The van der Waals surface area contributed by atoms with Crippen LogP contribution in [0.15, 0.2) is 0 Å². The average Bonchev–Trinajstić information content (AvgIpc) is 2.86. The average molecular weight is 225 g/mol. The van der Waals surface area contributed by atoms with Crippen molar-refractivity contribution in [2.75, 3.05) is 33.7 Å². The summed E-state index contributed by atoms with van der Waals surface area (Å²) in [6.45, 7) is 2.70. The molecule has 0 aromatic rings. The van der Waals surface area contributed by atoms with Crippen LogP contribution in [0.4, 0.5) is 0 Å². The van der Waals surface area contributed by atoms with Crippen LogP contribution in [0.1, 0.15) is 19.3 Å². The van der Waals surface area contributed by atoms with Crippen LogP contribution < -0.4 is 10.6 Å². The minimum Gasteiger partial charge on any atom is -0.343 e. The summed E-state index contributed by atoms with van der Waals surface area (Å²) in [6, 6.07) is 0.0920. The summed E-state index contributed by atoms with van der Waals surface area (Å²) >= 11 is 0. The van der Waals surface area contributed by atoms with Gasteiger partial charge in [-0.25, -0.2) is 0 Å². The van der Waals surface area contributed by atoms with Gasteiger partial charge >= 0.3 is 0 Å². The Hall–Kier alpha value is -0.610. The van der Waals surface area contributed by atoms with Crippen molar-refractivity contribution >= 4 is 5.91 Å². The van der Waals surface area contributed by atoms with Crippen molar-refractivity contribution in [1.29, 1.82) is 0 Å².